The molecule has 138 valence electrons. The molecule has 4 rings (SSSR count). The van der Waals surface area contributed by atoms with E-state index in [-0.39, 0.29) is 11.6 Å². The van der Waals surface area contributed by atoms with E-state index in [1.807, 2.05) is 13.0 Å². The Morgan fingerprint density at radius 3 is 2.74 bits per heavy atom. The molecule has 6 nitrogen and oxygen atoms in total. The number of hydrogen-bond donors (Lipinski definition) is 1. The molecule has 0 saturated carbocycles. The van der Waals surface area contributed by atoms with E-state index < -0.39 is 6.61 Å². The highest BCUT2D eigenvalue weighted by Gasteiger charge is 2.17. The van der Waals surface area contributed by atoms with Gasteiger partial charge in [-0.2, -0.15) is 8.78 Å². The maximum Gasteiger partial charge on any atom is 0.388 e. The number of nitrogens with zero attached hydrogens (tertiary/aromatic N) is 2. The van der Waals surface area contributed by atoms with Crippen LogP contribution in [0.5, 0.6) is 17.4 Å². The number of phenols is 1. The Morgan fingerprint density at radius 1 is 1.19 bits per heavy atom. The molecule has 8 heteroatoms. The van der Waals surface area contributed by atoms with Crippen LogP contribution in [0.4, 0.5) is 8.78 Å². The summed E-state index contributed by atoms with van der Waals surface area (Å²) < 4.78 is 40.3. The summed E-state index contributed by atoms with van der Waals surface area (Å²) in [6.07, 6.45) is 1.14. The van der Waals surface area contributed by atoms with Crippen molar-refractivity contribution in [2.75, 3.05) is 7.11 Å². The van der Waals surface area contributed by atoms with E-state index in [0.717, 1.165) is 11.8 Å². The molecule has 0 amide bonds. The lowest BCUT2D eigenvalue weighted by atomic mass is 10.1. The SMILES string of the molecule is COc1c(O)ccc2oc(-c3cc(C)cc4nc(OC(F)F)cnc34)cc12. The van der Waals surface area contributed by atoms with Crippen LogP contribution in [0.1, 0.15) is 5.56 Å². The van der Waals surface area contributed by atoms with Crippen molar-refractivity contribution in [3.05, 3.63) is 42.1 Å². The predicted molar refractivity (Wildman–Crippen MR) is 94.3 cm³/mol. The summed E-state index contributed by atoms with van der Waals surface area (Å²) in [7, 11) is 1.46. The number of benzene rings is 2. The molecule has 27 heavy (non-hydrogen) atoms. The zero-order chi connectivity index (χ0) is 19.1. The highest BCUT2D eigenvalue weighted by atomic mass is 19.3. The van der Waals surface area contributed by atoms with Crippen LogP contribution in [-0.2, 0) is 0 Å². The maximum atomic E-state index is 12.4. The third-order valence-corrected chi connectivity index (χ3v) is 4.08. The Balaban J connectivity index is 1.92. The van der Waals surface area contributed by atoms with Crippen molar-refractivity contribution in [3.63, 3.8) is 0 Å². The molecule has 0 saturated heterocycles. The van der Waals surface area contributed by atoms with Crippen molar-refractivity contribution in [2.45, 2.75) is 13.5 Å². The number of phenolic OH excluding ortho intramolecular Hbond substituents is 1. The van der Waals surface area contributed by atoms with Crippen LogP contribution in [-0.4, -0.2) is 28.8 Å². The molecule has 2 aromatic carbocycles. The normalized spacial score (nSPS) is 11.4. The molecule has 2 aromatic heterocycles. The summed E-state index contributed by atoms with van der Waals surface area (Å²) in [5.74, 6) is 0.530. The van der Waals surface area contributed by atoms with E-state index in [4.69, 9.17) is 9.15 Å². The largest absolute Gasteiger partial charge is 0.504 e. The summed E-state index contributed by atoms with van der Waals surface area (Å²) in [6.45, 7) is -1.13. The number of rotatable bonds is 4. The van der Waals surface area contributed by atoms with E-state index in [0.29, 0.717) is 39.1 Å². The molecule has 4 aromatic rings. The van der Waals surface area contributed by atoms with Crippen LogP contribution >= 0.6 is 0 Å². The van der Waals surface area contributed by atoms with Crippen LogP contribution in [0, 0.1) is 6.92 Å². The second-order valence-corrected chi connectivity index (χ2v) is 5.91. The lowest BCUT2D eigenvalue weighted by Crippen LogP contribution is -2.04. The number of aromatic hydroxyl groups is 1. The lowest BCUT2D eigenvalue weighted by molar-refractivity contribution is -0.0528. The van der Waals surface area contributed by atoms with Gasteiger partial charge in [0.25, 0.3) is 0 Å². The zero-order valence-corrected chi connectivity index (χ0v) is 14.4. The number of aromatic nitrogens is 2. The third kappa shape index (κ3) is 2.99. The van der Waals surface area contributed by atoms with Crippen molar-refractivity contribution in [1.29, 1.82) is 0 Å². The minimum atomic E-state index is -2.98. The van der Waals surface area contributed by atoms with E-state index in [1.54, 1.807) is 18.2 Å². The fourth-order valence-electron chi connectivity index (χ4n) is 3.01. The average molecular weight is 372 g/mol. The molecule has 1 N–H and O–H groups in total. The standard InChI is InChI=1S/C19H14F2N2O4/c1-9-5-10(17-12(6-9)23-16(8-22-17)27-19(20)21)15-7-11-14(26-15)4-3-13(24)18(11)25-2/h3-8,19,24H,1-2H3. The topological polar surface area (TPSA) is 77.6 Å². The number of fused-ring (bicyclic) bond motifs is 2. The van der Waals surface area contributed by atoms with Gasteiger partial charge in [0, 0.05) is 5.56 Å². The van der Waals surface area contributed by atoms with E-state index in [2.05, 4.69) is 14.7 Å². The van der Waals surface area contributed by atoms with Gasteiger partial charge < -0.3 is 19.0 Å². The van der Waals surface area contributed by atoms with Gasteiger partial charge in [-0.25, -0.2) is 9.97 Å². The Bertz CT molecular complexity index is 1160. The number of aryl methyl sites for hydroxylation is 1. The molecular formula is C19H14F2N2O4. The molecule has 0 atom stereocenters. The molecule has 0 spiro atoms. The Kier molecular flexibility index (Phi) is 4.02. The smallest absolute Gasteiger partial charge is 0.388 e. The van der Waals surface area contributed by atoms with Crippen molar-refractivity contribution < 1.29 is 27.8 Å². The van der Waals surface area contributed by atoms with Crippen molar-refractivity contribution in [3.8, 4) is 28.7 Å². The van der Waals surface area contributed by atoms with Crippen LogP contribution in [0.3, 0.4) is 0 Å². The third-order valence-electron chi connectivity index (χ3n) is 4.08. The maximum absolute atomic E-state index is 12.4. The van der Waals surface area contributed by atoms with E-state index in [9.17, 15) is 13.9 Å². The summed E-state index contributed by atoms with van der Waals surface area (Å²) in [5, 5.41) is 10.5. The van der Waals surface area contributed by atoms with E-state index >= 15 is 0 Å². The molecular weight excluding hydrogens is 358 g/mol. The summed E-state index contributed by atoms with van der Waals surface area (Å²) in [4.78, 5) is 8.31. The Morgan fingerprint density at radius 2 is 2.00 bits per heavy atom. The predicted octanol–water partition coefficient (Wildman–Crippen LogP) is 4.67. The molecule has 0 aliphatic carbocycles. The second-order valence-electron chi connectivity index (χ2n) is 5.91. The molecule has 0 fully saturated rings. The molecule has 0 aliphatic rings. The number of halogens is 2. The van der Waals surface area contributed by atoms with Gasteiger partial charge in [0.15, 0.2) is 11.5 Å². The van der Waals surface area contributed by atoms with Gasteiger partial charge in [-0.05, 0) is 42.8 Å². The van der Waals surface area contributed by atoms with Crippen molar-refractivity contribution >= 4 is 22.0 Å². The first-order chi connectivity index (χ1) is 13.0. The lowest BCUT2D eigenvalue weighted by Gasteiger charge is -2.07. The zero-order valence-electron chi connectivity index (χ0n) is 14.4. The minimum absolute atomic E-state index is 0.0000292. The van der Waals surface area contributed by atoms with Crippen LogP contribution in [0.2, 0.25) is 0 Å². The number of furan rings is 1. The monoisotopic (exact) mass is 372 g/mol. The summed E-state index contributed by atoms with van der Waals surface area (Å²) in [6, 6.07) is 8.42. The van der Waals surface area contributed by atoms with Crippen molar-refractivity contribution in [1.82, 2.24) is 9.97 Å². The van der Waals surface area contributed by atoms with Crippen LogP contribution in [0.15, 0.2) is 40.9 Å². The quantitative estimate of drug-likeness (QED) is 0.561. The number of alkyl halides is 2. The van der Waals surface area contributed by atoms with Crippen LogP contribution in [0.25, 0.3) is 33.3 Å². The van der Waals surface area contributed by atoms with Gasteiger partial charge in [-0.15, -0.1) is 0 Å². The molecule has 0 radical (unpaired) electrons. The Labute approximate surface area is 152 Å². The summed E-state index contributed by atoms with van der Waals surface area (Å²) >= 11 is 0. The second kappa shape index (κ2) is 6.39. The Hall–Kier alpha value is -3.42. The molecule has 0 bridgehead atoms. The fourth-order valence-corrected chi connectivity index (χ4v) is 3.01. The number of ether oxygens (including phenoxy) is 2. The summed E-state index contributed by atoms with van der Waals surface area (Å²) in [5.41, 5.74) is 2.89. The average Bonchev–Trinajstić information content (AvgIpc) is 3.04. The minimum Gasteiger partial charge on any atom is -0.504 e. The highest BCUT2D eigenvalue weighted by molar-refractivity contribution is 5.96. The van der Waals surface area contributed by atoms with Crippen LogP contribution < -0.4 is 9.47 Å². The molecule has 2 heterocycles. The van der Waals surface area contributed by atoms with Gasteiger partial charge in [0.05, 0.1) is 29.7 Å². The van der Waals surface area contributed by atoms with Crippen molar-refractivity contribution in [2.24, 2.45) is 0 Å². The number of methoxy groups -OCH3 is 1. The van der Waals surface area contributed by atoms with Gasteiger partial charge >= 0.3 is 6.61 Å². The highest BCUT2D eigenvalue weighted by Crippen LogP contribution is 2.40. The molecule has 0 aliphatic heterocycles. The van der Waals surface area contributed by atoms with E-state index in [1.165, 1.54) is 13.2 Å². The number of hydrogen-bond acceptors (Lipinski definition) is 6. The first-order valence-corrected chi connectivity index (χ1v) is 7.98. The van der Waals surface area contributed by atoms with Gasteiger partial charge in [-0.3, -0.25) is 0 Å². The first-order valence-electron chi connectivity index (χ1n) is 7.98. The van der Waals surface area contributed by atoms with Gasteiger partial charge in [0.1, 0.15) is 11.3 Å². The fraction of sp³-hybridized carbons (Fsp3) is 0.158. The molecule has 0 unspecified atom stereocenters. The van der Waals surface area contributed by atoms with Gasteiger partial charge in [0.2, 0.25) is 5.88 Å². The first kappa shape index (κ1) is 17.0. The van der Waals surface area contributed by atoms with Gasteiger partial charge in [-0.1, -0.05) is 0 Å².